The molecule has 3 rings (SSSR count). The molecular weight excluding hydrogens is 276 g/mol. The van der Waals surface area contributed by atoms with Gasteiger partial charge in [-0.2, -0.15) is 17.4 Å². The molecule has 5 nitrogen and oxygen atoms in total. The van der Waals surface area contributed by atoms with Crippen LogP contribution in [-0.2, 0) is 16.6 Å². The van der Waals surface area contributed by atoms with E-state index in [0.717, 1.165) is 30.4 Å². The highest BCUT2D eigenvalue weighted by molar-refractivity contribution is 7.87. The van der Waals surface area contributed by atoms with Gasteiger partial charge in [-0.1, -0.05) is 30.7 Å². The van der Waals surface area contributed by atoms with E-state index in [0.29, 0.717) is 19.5 Å². The van der Waals surface area contributed by atoms with Crippen LogP contribution >= 0.6 is 0 Å². The van der Waals surface area contributed by atoms with Crippen molar-refractivity contribution >= 4 is 10.2 Å². The molecule has 1 aromatic rings. The van der Waals surface area contributed by atoms with E-state index in [-0.39, 0.29) is 0 Å². The van der Waals surface area contributed by atoms with Gasteiger partial charge in [0, 0.05) is 19.5 Å². The SMILES string of the molecule is O=S(=O)(N[C@H]1c2ccccc2C[C@H]1O)N1CCCCC1. The summed E-state index contributed by atoms with van der Waals surface area (Å²) in [4.78, 5) is 0. The van der Waals surface area contributed by atoms with Crippen LogP contribution in [0.15, 0.2) is 24.3 Å². The topological polar surface area (TPSA) is 69.6 Å². The van der Waals surface area contributed by atoms with E-state index in [9.17, 15) is 13.5 Å². The average Bonchev–Trinajstić information content (AvgIpc) is 2.76. The summed E-state index contributed by atoms with van der Waals surface area (Å²) in [6.45, 7) is 1.14. The van der Waals surface area contributed by atoms with Crippen LogP contribution in [0.4, 0.5) is 0 Å². The van der Waals surface area contributed by atoms with Crippen LogP contribution in [0.2, 0.25) is 0 Å². The molecule has 0 bridgehead atoms. The number of nitrogens with zero attached hydrogens (tertiary/aromatic N) is 1. The number of rotatable bonds is 3. The normalized spacial score (nSPS) is 27.4. The lowest BCUT2D eigenvalue weighted by Gasteiger charge is -2.28. The van der Waals surface area contributed by atoms with Crippen molar-refractivity contribution < 1.29 is 13.5 Å². The Morgan fingerprint density at radius 3 is 2.60 bits per heavy atom. The predicted octanol–water partition coefficient (Wildman–Crippen LogP) is 0.965. The van der Waals surface area contributed by atoms with E-state index in [1.807, 2.05) is 24.3 Å². The summed E-state index contributed by atoms with van der Waals surface area (Å²) >= 11 is 0. The number of benzene rings is 1. The molecule has 2 N–H and O–H groups in total. The minimum absolute atomic E-state index is 0.503. The number of hydrogen-bond acceptors (Lipinski definition) is 3. The van der Waals surface area contributed by atoms with Gasteiger partial charge < -0.3 is 5.11 Å². The monoisotopic (exact) mass is 296 g/mol. The van der Waals surface area contributed by atoms with Gasteiger partial charge in [-0.25, -0.2) is 0 Å². The Balaban J connectivity index is 1.80. The third-order valence-corrected chi connectivity index (χ3v) is 5.73. The van der Waals surface area contributed by atoms with Gasteiger partial charge in [-0.15, -0.1) is 0 Å². The summed E-state index contributed by atoms with van der Waals surface area (Å²) in [6, 6.07) is 7.08. The summed E-state index contributed by atoms with van der Waals surface area (Å²) in [5.74, 6) is 0. The first-order chi connectivity index (χ1) is 9.58. The zero-order valence-electron chi connectivity index (χ0n) is 11.3. The van der Waals surface area contributed by atoms with E-state index in [1.165, 1.54) is 4.31 Å². The van der Waals surface area contributed by atoms with E-state index in [2.05, 4.69) is 4.72 Å². The first-order valence-corrected chi connectivity index (χ1v) is 8.55. The Hall–Kier alpha value is -0.950. The first-order valence-electron chi connectivity index (χ1n) is 7.11. The molecule has 1 heterocycles. The maximum absolute atomic E-state index is 12.4. The van der Waals surface area contributed by atoms with Crippen molar-refractivity contribution in [1.82, 2.24) is 9.03 Å². The Morgan fingerprint density at radius 2 is 1.85 bits per heavy atom. The van der Waals surface area contributed by atoms with Crippen molar-refractivity contribution in [2.24, 2.45) is 0 Å². The molecule has 0 amide bonds. The molecule has 1 fully saturated rings. The van der Waals surface area contributed by atoms with E-state index >= 15 is 0 Å². The summed E-state index contributed by atoms with van der Waals surface area (Å²) < 4.78 is 29.0. The molecule has 0 saturated carbocycles. The maximum atomic E-state index is 12.4. The maximum Gasteiger partial charge on any atom is 0.280 e. The number of aliphatic hydroxyl groups excluding tert-OH is 1. The van der Waals surface area contributed by atoms with Gasteiger partial charge in [-0.05, 0) is 24.0 Å². The second-order valence-electron chi connectivity index (χ2n) is 5.53. The fraction of sp³-hybridized carbons (Fsp3) is 0.571. The van der Waals surface area contributed by atoms with Crippen LogP contribution in [-0.4, -0.2) is 37.0 Å². The molecule has 110 valence electrons. The predicted molar refractivity (Wildman–Crippen MR) is 76.4 cm³/mol. The van der Waals surface area contributed by atoms with Crippen molar-refractivity contribution in [3.8, 4) is 0 Å². The van der Waals surface area contributed by atoms with Gasteiger partial charge in [-0.3, -0.25) is 0 Å². The summed E-state index contributed by atoms with van der Waals surface area (Å²) in [6.07, 6.45) is 2.71. The van der Waals surface area contributed by atoms with Crippen molar-refractivity contribution in [2.45, 2.75) is 37.8 Å². The van der Waals surface area contributed by atoms with Crippen molar-refractivity contribution in [3.63, 3.8) is 0 Å². The number of nitrogens with one attached hydrogen (secondary N) is 1. The summed E-state index contributed by atoms with van der Waals surface area (Å²) in [7, 11) is -3.52. The molecule has 1 aliphatic carbocycles. The average molecular weight is 296 g/mol. The lowest BCUT2D eigenvalue weighted by atomic mass is 10.1. The number of fused-ring (bicyclic) bond motifs is 1. The van der Waals surface area contributed by atoms with E-state index < -0.39 is 22.4 Å². The highest BCUT2D eigenvalue weighted by Crippen LogP contribution is 2.32. The zero-order chi connectivity index (χ0) is 14.2. The summed E-state index contributed by atoms with van der Waals surface area (Å²) in [5.41, 5.74) is 1.91. The molecule has 2 aliphatic rings. The molecule has 20 heavy (non-hydrogen) atoms. The standard InChI is InChI=1S/C14H20N2O3S/c17-13-10-11-6-2-3-7-12(11)14(13)15-20(18,19)16-8-4-1-5-9-16/h2-3,6-7,13-15,17H,1,4-5,8-10H2/t13-,14+/m1/s1. The number of hydrogen-bond donors (Lipinski definition) is 2. The van der Waals surface area contributed by atoms with Crippen LogP contribution in [0.25, 0.3) is 0 Å². The molecular formula is C14H20N2O3S. The lowest BCUT2D eigenvalue weighted by molar-refractivity contribution is 0.150. The Morgan fingerprint density at radius 1 is 1.15 bits per heavy atom. The second kappa shape index (κ2) is 5.44. The Bertz CT molecular complexity index is 582. The van der Waals surface area contributed by atoms with Crippen LogP contribution in [0.1, 0.15) is 36.4 Å². The molecule has 6 heteroatoms. The molecule has 2 atom stereocenters. The molecule has 0 aromatic heterocycles. The number of piperidine rings is 1. The molecule has 1 aromatic carbocycles. The van der Waals surface area contributed by atoms with Gasteiger partial charge >= 0.3 is 0 Å². The van der Waals surface area contributed by atoms with Gasteiger partial charge in [0.25, 0.3) is 10.2 Å². The third kappa shape index (κ3) is 2.61. The lowest BCUT2D eigenvalue weighted by Crippen LogP contribution is -2.46. The minimum atomic E-state index is -3.52. The second-order valence-corrected chi connectivity index (χ2v) is 7.23. The van der Waals surface area contributed by atoms with Crippen LogP contribution in [0.3, 0.4) is 0 Å². The van der Waals surface area contributed by atoms with Crippen LogP contribution in [0, 0.1) is 0 Å². The quantitative estimate of drug-likeness (QED) is 0.873. The van der Waals surface area contributed by atoms with Gasteiger partial charge in [0.2, 0.25) is 0 Å². The molecule has 0 unspecified atom stereocenters. The molecule has 0 radical (unpaired) electrons. The smallest absolute Gasteiger partial charge is 0.280 e. The van der Waals surface area contributed by atoms with Gasteiger partial charge in [0.15, 0.2) is 0 Å². The molecule has 0 spiro atoms. The van der Waals surface area contributed by atoms with Crippen molar-refractivity contribution in [3.05, 3.63) is 35.4 Å². The van der Waals surface area contributed by atoms with Gasteiger partial charge in [0.05, 0.1) is 12.1 Å². The number of aliphatic hydroxyl groups is 1. The van der Waals surface area contributed by atoms with E-state index in [4.69, 9.17) is 0 Å². The van der Waals surface area contributed by atoms with E-state index in [1.54, 1.807) is 0 Å². The Kier molecular flexibility index (Phi) is 3.81. The Labute approximate surface area is 119 Å². The van der Waals surface area contributed by atoms with Crippen LogP contribution in [0.5, 0.6) is 0 Å². The highest BCUT2D eigenvalue weighted by Gasteiger charge is 2.35. The fourth-order valence-corrected chi connectivity index (χ4v) is 4.55. The highest BCUT2D eigenvalue weighted by atomic mass is 32.2. The molecule has 1 aliphatic heterocycles. The molecule has 1 saturated heterocycles. The van der Waals surface area contributed by atoms with Crippen LogP contribution < -0.4 is 4.72 Å². The zero-order valence-corrected chi connectivity index (χ0v) is 12.1. The van der Waals surface area contributed by atoms with Gasteiger partial charge in [0.1, 0.15) is 0 Å². The minimum Gasteiger partial charge on any atom is -0.391 e. The van der Waals surface area contributed by atoms with Crippen molar-refractivity contribution in [1.29, 1.82) is 0 Å². The third-order valence-electron chi connectivity index (χ3n) is 4.13. The first kappa shape index (κ1) is 14.0. The largest absolute Gasteiger partial charge is 0.391 e. The van der Waals surface area contributed by atoms with Crippen molar-refractivity contribution in [2.75, 3.05) is 13.1 Å². The fourth-order valence-electron chi connectivity index (χ4n) is 3.06. The summed E-state index contributed by atoms with van der Waals surface area (Å²) in [5, 5.41) is 10.1.